The number of nitrogens with zero attached hydrogens (tertiary/aromatic N) is 2. The lowest BCUT2D eigenvalue weighted by Gasteiger charge is -2.34. The molecule has 1 aliphatic rings. The van der Waals surface area contributed by atoms with Gasteiger partial charge in [-0.1, -0.05) is 49.0 Å². The number of thiocarbonyl (C=S) groups is 1. The number of hydrogen-bond donors (Lipinski definition) is 1. The molecule has 2 aromatic rings. The Hall–Kier alpha value is -1.78. The van der Waals surface area contributed by atoms with Crippen molar-refractivity contribution in [3.05, 3.63) is 54.7 Å². The molecule has 1 atom stereocenters. The predicted octanol–water partition coefficient (Wildman–Crippen LogP) is 3.86. The van der Waals surface area contributed by atoms with E-state index in [9.17, 15) is 0 Å². The van der Waals surface area contributed by atoms with Crippen LogP contribution >= 0.6 is 12.2 Å². The van der Waals surface area contributed by atoms with Gasteiger partial charge in [-0.15, -0.1) is 6.58 Å². The second-order valence-electron chi connectivity index (χ2n) is 5.96. The van der Waals surface area contributed by atoms with E-state index in [-0.39, 0.29) is 6.04 Å². The van der Waals surface area contributed by atoms with Crippen molar-refractivity contribution in [2.45, 2.75) is 25.3 Å². The lowest BCUT2D eigenvalue weighted by atomic mass is 10.0. The molecule has 3 rings (SSSR count). The number of nitrogens with one attached hydrogen (secondary N) is 1. The molecule has 1 fully saturated rings. The fraction of sp³-hybridized carbons (Fsp3) is 0.368. The third kappa shape index (κ3) is 3.77. The minimum Gasteiger partial charge on any atom is -0.375 e. The van der Waals surface area contributed by atoms with Gasteiger partial charge in [-0.3, -0.25) is 9.88 Å². The lowest BCUT2D eigenvalue weighted by molar-refractivity contribution is 0.199. The number of likely N-dealkylation sites (tertiary alicyclic amines) is 1. The Kier molecular flexibility index (Phi) is 5.36. The van der Waals surface area contributed by atoms with Gasteiger partial charge in [-0.25, -0.2) is 0 Å². The number of hydrogen-bond acceptors (Lipinski definition) is 3. The Bertz CT molecular complexity index is 692. The van der Waals surface area contributed by atoms with Crippen molar-refractivity contribution in [3.8, 4) is 0 Å². The summed E-state index contributed by atoms with van der Waals surface area (Å²) in [5.74, 6) is 0. The Balaban J connectivity index is 1.94. The van der Waals surface area contributed by atoms with Gasteiger partial charge in [-0.2, -0.15) is 0 Å². The average molecular weight is 325 g/mol. The zero-order valence-electron chi connectivity index (χ0n) is 13.4. The first-order chi connectivity index (χ1) is 11.3. The number of para-hydroxylation sites is 1. The maximum atomic E-state index is 5.69. The molecule has 1 N–H and O–H groups in total. The van der Waals surface area contributed by atoms with E-state index in [0.717, 1.165) is 29.3 Å². The first kappa shape index (κ1) is 16.1. The van der Waals surface area contributed by atoms with E-state index in [0.29, 0.717) is 6.54 Å². The molecule has 3 nitrogen and oxygen atoms in total. The molecule has 4 heteroatoms. The van der Waals surface area contributed by atoms with Gasteiger partial charge in [0.25, 0.3) is 0 Å². The highest BCUT2D eigenvalue weighted by Crippen LogP contribution is 2.26. The smallest absolute Gasteiger partial charge is 0.103 e. The maximum Gasteiger partial charge on any atom is 0.103 e. The lowest BCUT2D eigenvalue weighted by Crippen LogP contribution is -2.42. The van der Waals surface area contributed by atoms with E-state index in [2.05, 4.69) is 41.1 Å². The first-order valence-electron chi connectivity index (χ1n) is 8.28. The number of piperidine rings is 1. The highest BCUT2D eigenvalue weighted by Gasteiger charge is 2.27. The van der Waals surface area contributed by atoms with Gasteiger partial charge in [-0.05, 0) is 38.1 Å². The summed E-state index contributed by atoms with van der Waals surface area (Å²) in [6.07, 6.45) is 5.61. The molecule has 1 aromatic carbocycles. The second-order valence-corrected chi connectivity index (χ2v) is 6.40. The molecule has 2 heterocycles. The summed E-state index contributed by atoms with van der Waals surface area (Å²) in [4.78, 5) is 8.18. The summed E-state index contributed by atoms with van der Waals surface area (Å²) in [6, 6.07) is 12.5. The molecule has 0 radical (unpaired) electrons. The fourth-order valence-corrected chi connectivity index (χ4v) is 3.52. The molecule has 1 aliphatic heterocycles. The predicted molar refractivity (Wildman–Crippen MR) is 101 cm³/mol. The van der Waals surface area contributed by atoms with Crippen LogP contribution in [0.1, 0.15) is 31.0 Å². The molecular weight excluding hydrogens is 302 g/mol. The molecule has 0 spiro atoms. The monoisotopic (exact) mass is 325 g/mol. The second kappa shape index (κ2) is 7.66. The Labute approximate surface area is 143 Å². The topological polar surface area (TPSA) is 28.2 Å². The van der Waals surface area contributed by atoms with Gasteiger partial charge >= 0.3 is 0 Å². The quantitative estimate of drug-likeness (QED) is 0.667. The normalized spacial score (nSPS) is 16.9. The average Bonchev–Trinajstić information content (AvgIpc) is 2.61. The summed E-state index contributed by atoms with van der Waals surface area (Å²) in [6.45, 7) is 6.61. The van der Waals surface area contributed by atoms with E-state index < -0.39 is 0 Å². The molecule has 1 saturated heterocycles. The van der Waals surface area contributed by atoms with Crippen molar-refractivity contribution in [2.75, 3.05) is 19.6 Å². The zero-order valence-corrected chi connectivity index (χ0v) is 14.2. The number of fused-ring (bicyclic) bond motifs is 1. The number of pyridine rings is 1. The molecule has 0 bridgehead atoms. The van der Waals surface area contributed by atoms with Gasteiger partial charge in [0.05, 0.1) is 16.2 Å². The van der Waals surface area contributed by atoms with Crippen LogP contribution in [0, 0.1) is 0 Å². The van der Waals surface area contributed by atoms with E-state index in [4.69, 9.17) is 17.2 Å². The van der Waals surface area contributed by atoms with Crippen LogP contribution in [0.15, 0.2) is 49.1 Å². The molecule has 0 aliphatic carbocycles. The standard InChI is InChI=1S/C19H23N3S/c1-2-12-20-19(23)18(22-13-6-3-7-14-22)17-11-10-15-8-4-5-9-16(15)21-17/h2,4-5,8-11,18H,1,3,6-7,12-14H2,(H,20,23). The molecule has 0 saturated carbocycles. The Morgan fingerprint density at radius 1 is 1.22 bits per heavy atom. The van der Waals surface area contributed by atoms with E-state index in [1.807, 2.05) is 18.2 Å². The van der Waals surface area contributed by atoms with Gasteiger partial charge in [0, 0.05) is 11.9 Å². The summed E-state index contributed by atoms with van der Waals surface area (Å²) in [7, 11) is 0. The minimum absolute atomic E-state index is 0.0508. The van der Waals surface area contributed by atoms with Crippen LogP contribution in [0.25, 0.3) is 10.9 Å². The number of rotatable bonds is 5. The molecule has 0 amide bonds. The van der Waals surface area contributed by atoms with Gasteiger partial charge in [0.15, 0.2) is 0 Å². The minimum atomic E-state index is 0.0508. The van der Waals surface area contributed by atoms with Gasteiger partial charge in [0.2, 0.25) is 0 Å². The van der Waals surface area contributed by atoms with Crippen LogP contribution in [-0.2, 0) is 0 Å². The highest BCUT2D eigenvalue weighted by atomic mass is 32.1. The molecule has 1 aromatic heterocycles. The van der Waals surface area contributed by atoms with Crippen molar-refractivity contribution >= 4 is 28.1 Å². The summed E-state index contributed by atoms with van der Waals surface area (Å²) < 4.78 is 0. The third-order valence-electron chi connectivity index (χ3n) is 4.32. The zero-order chi connectivity index (χ0) is 16.1. The molecule has 23 heavy (non-hydrogen) atoms. The SMILES string of the molecule is C=CCNC(=S)C(c1ccc2ccccc2n1)N1CCCCC1. The van der Waals surface area contributed by atoms with Crippen molar-refractivity contribution in [3.63, 3.8) is 0 Å². The van der Waals surface area contributed by atoms with Crippen LogP contribution in [0.5, 0.6) is 0 Å². The van der Waals surface area contributed by atoms with Crippen LogP contribution < -0.4 is 5.32 Å². The summed E-state index contributed by atoms with van der Waals surface area (Å²) >= 11 is 5.69. The molecule has 1 unspecified atom stereocenters. The van der Waals surface area contributed by atoms with Crippen molar-refractivity contribution in [1.82, 2.24) is 15.2 Å². The number of aromatic nitrogens is 1. The van der Waals surface area contributed by atoms with E-state index in [1.165, 1.54) is 24.6 Å². The first-order valence-corrected chi connectivity index (χ1v) is 8.69. The fourth-order valence-electron chi connectivity index (χ4n) is 3.17. The van der Waals surface area contributed by atoms with Gasteiger partial charge in [0.1, 0.15) is 6.04 Å². The van der Waals surface area contributed by atoms with Crippen LogP contribution in [0.2, 0.25) is 0 Å². The Morgan fingerprint density at radius 3 is 2.78 bits per heavy atom. The maximum absolute atomic E-state index is 5.69. The van der Waals surface area contributed by atoms with E-state index in [1.54, 1.807) is 0 Å². The van der Waals surface area contributed by atoms with Crippen molar-refractivity contribution < 1.29 is 0 Å². The van der Waals surface area contributed by atoms with Crippen molar-refractivity contribution in [2.24, 2.45) is 0 Å². The van der Waals surface area contributed by atoms with E-state index >= 15 is 0 Å². The van der Waals surface area contributed by atoms with Crippen LogP contribution in [0.3, 0.4) is 0 Å². The molecule has 120 valence electrons. The summed E-state index contributed by atoms with van der Waals surface area (Å²) in [5.41, 5.74) is 2.06. The third-order valence-corrected chi connectivity index (χ3v) is 4.69. The highest BCUT2D eigenvalue weighted by molar-refractivity contribution is 7.80. The van der Waals surface area contributed by atoms with Crippen LogP contribution in [-0.4, -0.2) is 34.5 Å². The van der Waals surface area contributed by atoms with Gasteiger partial charge < -0.3 is 5.32 Å². The van der Waals surface area contributed by atoms with Crippen LogP contribution in [0.4, 0.5) is 0 Å². The largest absolute Gasteiger partial charge is 0.375 e. The summed E-state index contributed by atoms with van der Waals surface area (Å²) in [5, 5.41) is 4.47. The molecular formula is C19H23N3S. The number of benzene rings is 1. The van der Waals surface area contributed by atoms with Crippen molar-refractivity contribution in [1.29, 1.82) is 0 Å². The Morgan fingerprint density at radius 2 is 2.00 bits per heavy atom.